The molecule has 0 unspecified atom stereocenters. The molecule has 4 aromatic rings. The lowest BCUT2D eigenvalue weighted by Crippen LogP contribution is -2.42. The minimum Gasteiger partial charge on any atom is -0.269 e. The van der Waals surface area contributed by atoms with Crippen molar-refractivity contribution in [1.29, 1.82) is 5.26 Å². The number of carbonyl (C=O) groups is 2. The molecule has 0 saturated carbocycles. The summed E-state index contributed by atoms with van der Waals surface area (Å²) < 4.78 is 29.7. The van der Waals surface area contributed by atoms with E-state index in [4.69, 9.17) is 5.10 Å². The number of nitrogens with zero attached hydrogens (tertiary/aromatic N) is 6. The fourth-order valence-electron chi connectivity index (χ4n) is 5.05. The van der Waals surface area contributed by atoms with E-state index in [-0.39, 0.29) is 28.2 Å². The second-order valence-electron chi connectivity index (χ2n) is 10.1. The van der Waals surface area contributed by atoms with E-state index in [0.717, 1.165) is 10.6 Å². The number of benzene rings is 2. The average Bonchev–Trinajstić information content (AvgIpc) is 3.47. The van der Waals surface area contributed by atoms with Crippen molar-refractivity contribution in [3.05, 3.63) is 113 Å². The van der Waals surface area contributed by atoms with Crippen LogP contribution in [0.4, 0.5) is 0 Å². The molecule has 2 aromatic carbocycles. The van der Waals surface area contributed by atoms with Gasteiger partial charge in [0.1, 0.15) is 17.3 Å². The summed E-state index contributed by atoms with van der Waals surface area (Å²) in [6.45, 7) is 5.73. The van der Waals surface area contributed by atoms with Gasteiger partial charge in [0.25, 0.3) is 11.8 Å². The summed E-state index contributed by atoms with van der Waals surface area (Å²) in [5.41, 5.74) is 3.10. The van der Waals surface area contributed by atoms with Crippen molar-refractivity contribution in [3.63, 3.8) is 0 Å². The van der Waals surface area contributed by atoms with Gasteiger partial charge < -0.3 is 0 Å². The third-order valence-electron chi connectivity index (χ3n) is 7.40. The summed E-state index contributed by atoms with van der Waals surface area (Å²) in [5.74, 6) is -1.24. The Morgan fingerprint density at radius 1 is 0.977 bits per heavy atom. The van der Waals surface area contributed by atoms with Crippen LogP contribution in [0.1, 0.15) is 31.9 Å². The smallest absolute Gasteiger partial charge is 0.269 e. The van der Waals surface area contributed by atoms with Gasteiger partial charge in [-0.3, -0.25) is 19.5 Å². The van der Waals surface area contributed by atoms with Crippen LogP contribution < -0.4 is 0 Å². The molecule has 0 spiro atoms. The number of amides is 2. The topological polar surface area (TPSA) is 129 Å². The van der Waals surface area contributed by atoms with Crippen LogP contribution in [0.5, 0.6) is 0 Å². The van der Waals surface area contributed by atoms with Crippen molar-refractivity contribution >= 4 is 27.9 Å². The second-order valence-corrected chi connectivity index (χ2v) is 12.0. The number of rotatable bonds is 9. The lowest BCUT2D eigenvalue weighted by molar-refractivity contribution is -0.141. The lowest BCUT2D eigenvalue weighted by Gasteiger charge is -2.27. The van der Waals surface area contributed by atoms with Crippen molar-refractivity contribution in [2.75, 3.05) is 13.1 Å². The van der Waals surface area contributed by atoms with Crippen LogP contribution in [0.3, 0.4) is 0 Å². The summed E-state index contributed by atoms with van der Waals surface area (Å²) in [7, 11) is -3.75. The molecule has 0 bridgehead atoms. The molecule has 10 nitrogen and oxygen atoms in total. The number of para-hydroxylation sites is 1. The maximum Gasteiger partial charge on any atom is 0.271 e. The Bertz CT molecular complexity index is 1940. The Morgan fingerprint density at radius 2 is 1.73 bits per heavy atom. The van der Waals surface area contributed by atoms with Crippen LogP contribution in [0.15, 0.2) is 107 Å². The number of aromatic nitrogens is 3. The quantitative estimate of drug-likeness (QED) is 0.198. The van der Waals surface area contributed by atoms with Crippen molar-refractivity contribution in [2.24, 2.45) is 0 Å². The molecule has 0 aliphatic carbocycles. The summed E-state index contributed by atoms with van der Waals surface area (Å²) in [4.78, 5) is 32.2. The number of carbonyl (C=O) groups excluding carboxylic acids is 2. The molecule has 2 amide bonds. The number of imide groups is 1. The van der Waals surface area contributed by atoms with E-state index in [1.54, 1.807) is 86.5 Å². The number of hydrogen-bond donors (Lipinski definition) is 0. The largest absolute Gasteiger partial charge is 0.271 e. The maximum atomic E-state index is 13.8. The number of hydrogen-bond acceptors (Lipinski definition) is 7. The lowest BCUT2D eigenvalue weighted by atomic mass is 9.93. The number of nitriles is 1. The maximum absolute atomic E-state index is 13.8. The standard InChI is InChI=1S/C33H30N6O4S/c1-4-37(5-2)44(42,43)28-15-9-12-25(17-28)31-26(22-39(36-31)27-13-7-6-8-14-27)18-29-23(3)30(19-34)33(41)38(32(29)40)21-24-11-10-16-35-20-24/h6-18,20,22H,4-5,21H2,1-3H3/b29-18+. The van der Waals surface area contributed by atoms with Crippen LogP contribution in [0.25, 0.3) is 23.0 Å². The van der Waals surface area contributed by atoms with Gasteiger partial charge in [-0.1, -0.05) is 50.2 Å². The van der Waals surface area contributed by atoms with Gasteiger partial charge in [0.05, 0.1) is 17.1 Å². The van der Waals surface area contributed by atoms with Gasteiger partial charge in [-0.05, 0) is 54.5 Å². The first-order chi connectivity index (χ1) is 21.2. The Balaban J connectivity index is 1.68. The van der Waals surface area contributed by atoms with Gasteiger partial charge >= 0.3 is 0 Å². The van der Waals surface area contributed by atoms with Crippen LogP contribution in [0, 0.1) is 11.3 Å². The van der Waals surface area contributed by atoms with E-state index in [2.05, 4.69) is 4.98 Å². The third kappa shape index (κ3) is 5.73. The number of pyridine rings is 1. The Hall–Kier alpha value is -5.18. The van der Waals surface area contributed by atoms with Crippen LogP contribution >= 0.6 is 0 Å². The van der Waals surface area contributed by atoms with E-state index in [0.29, 0.717) is 35.5 Å². The SMILES string of the molecule is CCN(CC)S(=O)(=O)c1cccc(-c2nn(-c3ccccc3)cc2/C=C2/C(=O)N(Cc3cccnc3)C(=O)C(C#N)=C2C)c1. The summed E-state index contributed by atoms with van der Waals surface area (Å²) in [5, 5.41) is 14.7. The Morgan fingerprint density at radius 3 is 2.39 bits per heavy atom. The molecular weight excluding hydrogens is 576 g/mol. The highest BCUT2D eigenvalue weighted by atomic mass is 32.2. The molecule has 0 radical (unpaired) electrons. The first kappa shape index (κ1) is 30.3. The van der Waals surface area contributed by atoms with Gasteiger partial charge in [0, 0.05) is 48.4 Å². The van der Waals surface area contributed by atoms with Crippen LogP contribution in [0.2, 0.25) is 0 Å². The van der Waals surface area contributed by atoms with Gasteiger partial charge in [-0.25, -0.2) is 13.1 Å². The average molecular weight is 607 g/mol. The molecule has 0 N–H and O–H groups in total. The molecule has 0 fully saturated rings. The van der Waals surface area contributed by atoms with Crippen molar-refractivity contribution < 1.29 is 18.0 Å². The van der Waals surface area contributed by atoms with E-state index < -0.39 is 21.8 Å². The van der Waals surface area contributed by atoms with E-state index in [9.17, 15) is 23.3 Å². The summed E-state index contributed by atoms with van der Waals surface area (Å²) in [6.07, 6.45) is 6.48. The molecule has 1 aliphatic rings. The van der Waals surface area contributed by atoms with Crippen molar-refractivity contribution in [3.8, 4) is 23.0 Å². The molecule has 1 aliphatic heterocycles. The second kappa shape index (κ2) is 12.6. The Labute approximate surface area is 256 Å². The fourth-order valence-corrected chi connectivity index (χ4v) is 6.55. The molecule has 11 heteroatoms. The highest BCUT2D eigenvalue weighted by molar-refractivity contribution is 7.89. The highest BCUT2D eigenvalue weighted by Gasteiger charge is 2.36. The van der Waals surface area contributed by atoms with Crippen LogP contribution in [-0.4, -0.2) is 57.3 Å². The first-order valence-corrected chi connectivity index (χ1v) is 15.5. The van der Waals surface area contributed by atoms with Gasteiger partial charge in [-0.2, -0.15) is 14.7 Å². The third-order valence-corrected chi connectivity index (χ3v) is 9.45. The predicted molar refractivity (Wildman–Crippen MR) is 165 cm³/mol. The van der Waals surface area contributed by atoms with E-state index in [1.165, 1.54) is 4.31 Å². The molecule has 44 heavy (non-hydrogen) atoms. The first-order valence-electron chi connectivity index (χ1n) is 14.0. The predicted octanol–water partition coefficient (Wildman–Crippen LogP) is 4.76. The molecular formula is C33H30N6O4S. The minimum atomic E-state index is -3.75. The summed E-state index contributed by atoms with van der Waals surface area (Å²) >= 11 is 0. The minimum absolute atomic E-state index is 0.0529. The van der Waals surface area contributed by atoms with Gasteiger partial charge in [0.2, 0.25) is 10.0 Å². The van der Waals surface area contributed by atoms with Crippen molar-refractivity contribution in [1.82, 2.24) is 24.0 Å². The van der Waals surface area contributed by atoms with Crippen molar-refractivity contribution in [2.45, 2.75) is 32.2 Å². The monoisotopic (exact) mass is 606 g/mol. The molecule has 222 valence electrons. The number of sulfonamides is 1. The normalized spacial score (nSPS) is 14.9. The molecule has 0 saturated heterocycles. The van der Waals surface area contributed by atoms with Gasteiger partial charge in [0.15, 0.2) is 0 Å². The molecule has 0 atom stereocenters. The zero-order chi connectivity index (χ0) is 31.4. The highest BCUT2D eigenvalue weighted by Crippen LogP contribution is 2.32. The molecule has 5 rings (SSSR count). The molecule has 2 aromatic heterocycles. The van der Waals surface area contributed by atoms with E-state index in [1.807, 2.05) is 36.4 Å². The van der Waals surface area contributed by atoms with Gasteiger partial charge in [-0.15, -0.1) is 0 Å². The Kier molecular flexibility index (Phi) is 8.66. The van der Waals surface area contributed by atoms with E-state index >= 15 is 0 Å². The zero-order valence-corrected chi connectivity index (χ0v) is 25.3. The molecule has 3 heterocycles. The summed E-state index contributed by atoms with van der Waals surface area (Å²) in [6, 6.07) is 21.3. The fraction of sp³-hybridized carbons (Fsp3) is 0.182. The zero-order valence-electron chi connectivity index (χ0n) is 24.5. The van der Waals surface area contributed by atoms with Crippen LogP contribution in [-0.2, 0) is 26.2 Å².